The first-order chi connectivity index (χ1) is 7.23. The largest absolute Gasteiger partial charge is 0.508 e. The molecule has 1 aromatic rings. The van der Waals surface area contributed by atoms with Gasteiger partial charge < -0.3 is 9.84 Å². The molecule has 1 aromatic carbocycles. The third-order valence-electron chi connectivity index (χ3n) is 3.14. The van der Waals surface area contributed by atoms with E-state index in [9.17, 15) is 9.90 Å². The number of benzene rings is 1. The van der Waals surface area contributed by atoms with E-state index < -0.39 is 5.60 Å². The van der Waals surface area contributed by atoms with Gasteiger partial charge in [0.15, 0.2) is 6.29 Å². The van der Waals surface area contributed by atoms with Gasteiger partial charge in [-0.15, -0.1) is 0 Å². The van der Waals surface area contributed by atoms with Crippen LogP contribution in [0.25, 0.3) is 0 Å². The molecule has 0 spiro atoms. The van der Waals surface area contributed by atoms with Crippen LogP contribution in [0, 0.1) is 0 Å². The van der Waals surface area contributed by atoms with Crippen LogP contribution in [0.15, 0.2) is 18.2 Å². The minimum absolute atomic E-state index is 0.260. The molecule has 0 saturated carbocycles. The van der Waals surface area contributed by atoms with Crippen molar-refractivity contribution in [2.45, 2.75) is 24.9 Å². The minimum atomic E-state index is -0.855. The van der Waals surface area contributed by atoms with Crippen LogP contribution in [0.4, 0.5) is 0 Å². The first-order valence-corrected chi connectivity index (χ1v) is 5.06. The van der Waals surface area contributed by atoms with Crippen molar-refractivity contribution in [1.29, 1.82) is 0 Å². The Morgan fingerprint density at radius 2 is 2.33 bits per heavy atom. The van der Waals surface area contributed by atoms with E-state index in [0.717, 1.165) is 30.3 Å². The molecule has 1 N–H and O–H groups in total. The number of hydrogen-bond donors (Lipinski definition) is 1. The standard InChI is InChI=1S/C12H14O3/c1-15-12(8-13)7-3-4-9-10(12)5-2-6-11(9)14/h2,5-6,8,14H,3-4,7H2,1H3. The highest BCUT2D eigenvalue weighted by molar-refractivity contribution is 5.69. The molecule has 0 radical (unpaired) electrons. The molecule has 0 saturated heterocycles. The molecule has 0 aliphatic heterocycles. The molecule has 80 valence electrons. The highest BCUT2D eigenvalue weighted by atomic mass is 16.5. The zero-order valence-electron chi connectivity index (χ0n) is 8.69. The van der Waals surface area contributed by atoms with Crippen LogP contribution in [-0.4, -0.2) is 18.5 Å². The van der Waals surface area contributed by atoms with Gasteiger partial charge in [0.25, 0.3) is 0 Å². The molecule has 0 heterocycles. The number of hydrogen-bond acceptors (Lipinski definition) is 3. The van der Waals surface area contributed by atoms with Crippen LogP contribution in [0.5, 0.6) is 5.75 Å². The second-order valence-corrected chi connectivity index (χ2v) is 3.87. The van der Waals surface area contributed by atoms with Gasteiger partial charge in [0.1, 0.15) is 11.4 Å². The van der Waals surface area contributed by atoms with Gasteiger partial charge in [-0.2, -0.15) is 0 Å². The van der Waals surface area contributed by atoms with Crippen molar-refractivity contribution >= 4 is 6.29 Å². The summed E-state index contributed by atoms with van der Waals surface area (Å²) < 4.78 is 5.33. The summed E-state index contributed by atoms with van der Waals surface area (Å²) in [5.41, 5.74) is 0.802. The van der Waals surface area contributed by atoms with Gasteiger partial charge in [-0.25, -0.2) is 0 Å². The third kappa shape index (κ3) is 1.43. The first kappa shape index (κ1) is 10.2. The summed E-state index contributed by atoms with van der Waals surface area (Å²) in [6.45, 7) is 0. The molecular weight excluding hydrogens is 192 g/mol. The second kappa shape index (κ2) is 3.66. The highest BCUT2D eigenvalue weighted by Crippen LogP contribution is 2.39. The molecule has 1 unspecified atom stereocenters. The van der Waals surface area contributed by atoms with E-state index in [0.29, 0.717) is 6.42 Å². The summed E-state index contributed by atoms with van der Waals surface area (Å²) in [6, 6.07) is 5.25. The van der Waals surface area contributed by atoms with Gasteiger partial charge >= 0.3 is 0 Å². The molecule has 3 heteroatoms. The van der Waals surface area contributed by atoms with Crippen LogP contribution >= 0.6 is 0 Å². The summed E-state index contributed by atoms with van der Waals surface area (Å²) >= 11 is 0. The van der Waals surface area contributed by atoms with Crippen LogP contribution in [0.1, 0.15) is 24.0 Å². The molecule has 15 heavy (non-hydrogen) atoms. The van der Waals surface area contributed by atoms with Gasteiger partial charge in [-0.1, -0.05) is 12.1 Å². The Hall–Kier alpha value is -1.35. The second-order valence-electron chi connectivity index (χ2n) is 3.87. The van der Waals surface area contributed by atoms with E-state index in [1.165, 1.54) is 7.11 Å². The number of carbonyl (C=O) groups excluding carboxylic acids is 1. The minimum Gasteiger partial charge on any atom is -0.508 e. The number of fused-ring (bicyclic) bond motifs is 1. The third-order valence-corrected chi connectivity index (χ3v) is 3.14. The van der Waals surface area contributed by atoms with Crippen LogP contribution in [0.3, 0.4) is 0 Å². The maximum absolute atomic E-state index is 11.2. The number of methoxy groups -OCH3 is 1. The van der Waals surface area contributed by atoms with Crippen molar-refractivity contribution in [2.75, 3.05) is 7.11 Å². The average molecular weight is 206 g/mol. The zero-order chi connectivity index (χ0) is 10.9. The molecule has 1 aliphatic rings. The predicted octanol–water partition coefficient (Wildman–Crippen LogP) is 1.77. The summed E-state index contributed by atoms with van der Waals surface area (Å²) in [6.07, 6.45) is 3.19. The zero-order valence-corrected chi connectivity index (χ0v) is 8.69. The predicted molar refractivity (Wildman–Crippen MR) is 55.8 cm³/mol. The lowest BCUT2D eigenvalue weighted by Gasteiger charge is -2.33. The van der Waals surface area contributed by atoms with Gasteiger partial charge in [-0.05, 0) is 30.9 Å². The number of aldehydes is 1. The summed E-state index contributed by atoms with van der Waals surface area (Å²) in [4.78, 5) is 11.2. The summed E-state index contributed by atoms with van der Waals surface area (Å²) in [5, 5.41) is 9.71. The average Bonchev–Trinajstić information content (AvgIpc) is 2.29. The lowest BCUT2D eigenvalue weighted by Crippen LogP contribution is -2.34. The van der Waals surface area contributed by atoms with E-state index >= 15 is 0 Å². The molecular formula is C12H14O3. The number of rotatable bonds is 2. The Bertz CT molecular complexity index is 386. The van der Waals surface area contributed by atoms with Gasteiger partial charge in [0, 0.05) is 12.7 Å². The van der Waals surface area contributed by atoms with Gasteiger partial charge in [0.05, 0.1) is 0 Å². The molecule has 2 rings (SSSR count). The molecule has 0 amide bonds. The number of carbonyl (C=O) groups is 1. The van der Waals surface area contributed by atoms with E-state index in [-0.39, 0.29) is 5.75 Å². The lowest BCUT2D eigenvalue weighted by molar-refractivity contribution is -0.130. The molecule has 0 fully saturated rings. The van der Waals surface area contributed by atoms with Crippen molar-refractivity contribution in [2.24, 2.45) is 0 Å². The van der Waals surface area contributed by atoms with Crippen LogP contribution < -0.4 is 0 Å². The normalized spacial score (nSPS) is 24.6. The number of aromatic hydroxyl groups is 1. The molecule has 0 aromatic heterocycles. The number of phenols is 1. The van der Waals surface area contributed by atoms with Crippen molar-refractivity contribution < 1.29 is 14.6 Å². The Morgan fingerprint density at radius 3 is 3.00 bits per heavy atom. The Labute approximate surface area is 88.7 Å². The maximum atomic E-state index is 11.2. The molecule has 1 aliphatic carbocycles. The summed E-state index contributed by atoms with van der Waals surface area (Å²) in [5.74, 6) is 0.260. The Balaban J connectivity index is 2.60. The Kier molecular flexibility index (Phi) is 2.49. The quantitative estimate of drug-likeness (QED) is 0.750. The monoisotopic (exact) mass is 206 g/mol. The lowest BCUT2D eigenvalue weighted by atomic mass is 9.79. The van der Waals surface area contributed by atoms with Crippen molar-refractivity contribution in [1.82, 2.24) is 0 Å². The fraction of sp³-hybridized carbons (Fsp3) is 0.417. The van der Waals surface area contributed by atoms with E-state index in [4.69, 9.17) is 4.74 Å². The maximum Gasteiger partial charge on any atom is 0.156 e. The van der Waals surface area contributed by atoms with Crippen molar-refractivity contribution in [3.63, 3.8) is 0 Å². The van der Waals surface area contributed by atoms with Gasteiger partial charge in [0.2, 0.25) is 0 Å². The topological polar surface area (TPSA) is 46.5 Å². The van der Waals surface area contributed by atoms with E-state index in [2.05, 4.69) is 0 Å². The van der Waals surface area contributed by atoms with Crippen LogP contribution in [-0.2, 0) is 21.6 Å². The number of phenolic OH excluding ortho intramolecular Hbond substituents is 1. The molecule has 3 nitrogen and oxygen atoms in total. The fourth-order valence-corrected chi connectivity index (χ4v) is 2.28. The van der Waals surface area contributed by atoms with Gasteiger partial charge in [-0.3, -0.25) is 4.79 Å². The van der Waals surface area contributed by atoms with Crippen molar-refractivity contribution in [3.05, 3.63) is 29.3 Å². The van der Waals surface area contributed by atoms with Crippen molar-refractivity contribution in [3.8, 4) is 5.75 Å². The SMILES string of the molecule is COC1(C=O)CCCc2c(O)cccc21. The van der Waals surface area contributed by atoms with Crippen LogP contribution in [0.2, 0.25) is 0 Å². The molecule has 1 atom stereocenters. The fourth-order valence-electron chi connectivity index (χ4n) is 2.28. The van der Waals surface area contributed by atoms with E-state index in [1.807, 2.05) is 6.07 Å². The number of ether oxygens (including phenoxy) is 1. The Morgan fingerprint density at radius 1 is 1.53 bits per heavy atom. The highest BCUT2D eigenvalue weighted by Gasteiger charge is 2.37. The van der Waals surface area contributed by atoms with E-state index in [1.54, 1.807) is 12.1 Å². The first-order valence-electron chi connectivity index (χ1n) is 5.06. The summed E-state index contributed by atoms with van der Waals surface area (Å²) in [7, 11) is 1.54. The smallest absolute Gasteiger partial charge is 0.156 e. The molecule has 0 bridgehead atoms.